The van der Waals surface area contributed by atoms with E-state index in [4.69, 9.17) is 16.6 Å². The number of thiazole rings is 1. The summed E-state index contributed by atoms with van der Waals surface area (Å²) in [6.07, 6.45) is 0. The largest absolute Gasteiger partial charge is 0.367 e. The Morgan fingerprint density at radius 1 is 1.00 bits per heavy atom. The molecule has 0 aliphatic carbocycles. The highest BCUT2D eigenvalue weighted by molar-refractivity contribution is 7.22. The van der Waals surface area contributed by atoms with E-state index < -0.39 is 0 Å². The van der Waals surface area contributed by atoms with Gasteiger partial charge in [0.05, 0.1) is 20.9 Å². The molecule has 0 N–H and O–H groups in total. The summed E-state index contributed by atoms with van der Waals surface area (Å²) in [4.78, 5) is 9.65. The maximum atomic E-state index is 6.33. The van der Waals surface area contributed by atoms with Crippen LogP contribution in [0.3, 0.4) is 0 Å². The first kappa shape index (κ1) is 15.7. The van der Waals surface area contributed by atoms with Gasteiger partial charge in [-0.05, 0) is 43.2 Å². The summed E-state index contributed by atoms with van der Waals surface area (Å²) in [5, 5.41) is 1.97. The number of halogens is 1. The highest BCUT2D eigenvalue weighted by Gasteiger charge is 2.21. The van der Waals surface area contributed by atoms with Crippen LogP contribution in [0.5, 0.6) is 0 Å². The van der Waals surface area contributed by atoms with Crippen LogP contribution >= 0.6 is 22.9 Å². The van der Waals surface area contributed by atoms with Gasteiger partial charge in [-0.3, -0.25) is 0 Å². The molecule has 124 valence electrons. The van der Waals surface area contributed by atoms with Crippen LogP contribution < -0.4 is 9.80 Å². The minimum atomic E-state index is 0.831. The molecule has 0 atom stereocenters. The molecular formula is C19H20ClN3S. The van der Waals surface area contributed by atoms with Gasteiger partial charge in [-0.1, -0.05) is 41.1 Å². The van der Waals surface area contributed by atoms with E-state index in [2.05, 4.69) is 41.8 Å². The van der Waals surface area contributed by atoms with Crippen molar-refractivity contribution in [3.63, 3.8) is 0 Å². The van der Waals surface area contributed by atoms with Gasteiger partial charge in [-0.25, -0.2) is 4.98 Å². The molecule has 0 saturated carbocycles. The van der Waals surface area contributed by atoms with E-state index in [-0.39, 0.29) is 0 Å². The third-order valence-corrected chi connectivity index (χ3v) is 5.94. The topological polar surface area (TPSA) is 19.4 Å². The van der Waals surface area contributed by atoms with Gasteiger partial charge in [-0.15, -0.1) is 0 Å². The molecule has 1 saturated heterocycles. The van der Waals surface area contributed by atoms with Crippen LogP contribution in [-0.4, -0.2) is 31.2 Å². The predicted octanol–water partition coefficient (Wildman–Crippen LogP) is 4.89. The van der Waals surface area contributed by atoms with Gasteiger partial charge in [0, 0.05) is 26.2 Å². The lowest BCUT2D eigenvalue weighted by atomic mass is 10.1. The van der Waals surface area contributed by atoms with Crippen LogP contribution in [0.4, 0.5) is 10.8 Å². The predicted molar refractivity (Wildman–Crippen MR) is 105 cm³/mol. The minimum absolute atomic E-state index is 0.831. The van der Waals surface area contributed by atoms with Crippen LogP contribution in [0.15, 0.2) is 36.4 Å². The van der Waals surface area contributed by atoms with Crippen molar-refractivity contribution < 1.29 is 0 Å². The van der Waals surface area contributed by atoms with Crippen LogP contribution in [0.25, 0.3) is 10.2 Å². The average Bonchev–Trinajstić information content (AvgIpc) is 3.00. The zero-order chi connectivity index (χ0) is 16.7. The van der Waals surface area contributed by atoms with Gasteiger partial charge in [0.2, 0.25) is 0 Å². The molecule has 1 aliphatic heterocycles. The van der Waals surface area contributed by atoms with Crippen LogP contribution in [0, 0.1) is 13.8 Å². The van der Waals surface area contributed by atoms with Crippen LogP contribution in [0.2, 0.25) is 5.02 Å². The number of aromatic nitrogens is 1. The summed E-state index contributed by atoms with van der Waals surface area (Å²) >= 11 is 8.13. The first-order valence-corrected chi connectivity index (χ1v) is 9.43. The molecule has 0 amide bonds. The van der Waals surface area contributed by atoms with Crippen LogP contribution in [0.1, 0.15) is 11.1 Å². The monoisotopic (exact) mass is 357 g/mol. The highest BCUT2D eigenvalue weighted by Crippen LogP contribution is 2.33. The van der Waals surface area contributed by atoms with E-state index in [9.17, 15) is 0 Å². The number of aryl methyl sites for hydroxylation is 2. The van der Waals surface area contributed by atoms with Crippen molar-refractivity contribution >= 4 is 44.0 Å². The Bertz CT molecular complexity index is 881. The maximum Gasteiger partial charge on any atom is 0.186 e. The molecule has 0 unspecified atom stereocenters. The van der Waals surface area contributed by atoms with Gasteiger partial charge in [0.1, 0.15) is 0 Å². The van der Waals surface area contributed by atoms with Gasteiger partial charge >= 0.3 is 0 Å². The summed E-state index contributed by atoms with van der Waals surface area (Å²) in [6, 6.07) is 12.5. The van der Waals surface area contributed by atoms with Gasteiger partial charge in [0.15, 0.2) is 5.13 Å². The number of nitrogens with zero attached hydrogens (tertiary/aromatic N) is 3. The lowest BCUT2D eigenvalue weighted by molar-refractivity contribution is 0.652. The Morgan fingerprint density at radius 2 is 1.71 bits per heavy atom. The number of anilines is 2. The second-order valence-electron chi connectivity index (χ2n) is 6.35. The zero-order valence-electron chi connectivity index (χ0n) is 13.9. The smallest absolute Gasteiger partial charge is 0.186 e. The molecule has 1 fully saturated rings. The highest BCUT2D eigenvalue weighted by atomic mass is 35.5. The molecule has 3 aromatic rings. The normalized spacial score (nSPS) is 15.3. The fraction of sp³-hybridized carbons (Fsp3) is 0.316. The summed E-state index contributed by atoms with van der Waals surface area (Å²) in [5.41, 5.74) is 4.85. The number of hydrogen-bond acceptors (Lipinski definition) is 4. The molecule has 5 heteroatoms. The summed E-state index contributed by atoms with van der Waals surface area (Å²) < 4.78 is 1.29. The first-order chi connectivity index (χ1) is 11.6. The molecule has 4 rings (SSSR count). The Morgan fingerprint density at radius 3 is 2.46 bits per heavy atom. The van der Waals surface area contributed by atoms with E-state index in [1.807, 2.05) is 18.2 Å². The third kappa shape index (κ3) is 2.85. The van der Waals surface area contributed by atoms with Crippen molar-refractivity contribution in [3.05, 3.63) is 52.5 Å². The molecular weight excluding hydrogens is 338 g/mol. The quantitative estimate of drug-likeness (QED) is 0.650. The second-order valence-corrected chi connectivity index (χ2v) is 7.77. The van der Waals surface area contributed by atoms with E-state index in [1.165, 1.54) is 15.8 Å². The summed E-state index contributed by atoms with van der Waals surface area (Å²) in [6.45, 7) is 8.18. The zero-order valence-corrected chi connectivity index (χ0v) is 15.5. The third-order valence-electron chi connectivity index (χ3n) is 4.56. The molecule has 0 radical (unpaired) electrons. The molecule has 2 aromatic carbocycles. The Kier molecular flexibility index (Phi) is 4.10. The molecule has 0 spiro atoms. The number of fused-ring (bicyclic) bond motifs is 1. The summed E-state index contributed by atoms with van der Waals surface area (Å²) in [5.74, 6) is 0. The molecule has 1 aromatic heterocycles. The van der Waals surface area contributed by atoms with Gasteiger partial charge in [0.25, 0.3) is 0 Å². The first-order valence-electron chi connectivity index (χ1n) is 8.24. The second kappa shape index (κ2) is 6.26. The lowest BCUT2D eigenvalue weighted by Crippen LogP contribution is -2.46. The van der Waals surface area contributed by atoms with E-state index >= 15 is 0 Å². The number of hydrogen-bond donors (Lipinski definition) is 0. The Labute approximate surface area is 151 Å². The van der Waals surface area contributed by atoms with E-state index in [0.29, 0.717) is 0 Å². The van der Waals surface area contributed by atoms with Crippen molar-refractivity contribution in [2.24, 2.45) is 0 Å². The fourth-order valence-electron chi connectivity index (χ4n) is 3.34. The number of para-hydroxylation sites is 1. The molecule has 0 bridgehead atoms. The molecule has 3 nitrogen and oxygen atoms in total. The minimum Gasteiger partial charge on any atom is -0.367 e. The number of piperazine rings is 1. The molecule has 2 heterocycles. The van der Waals surface area contributed by atoms with Crippen molar-refractivity contribution in [2.45, 2.75) is 13.8 Å². The number of benzene rings is 2. The van der Waals surface area contributed by atoms with Gasteiger partial charge < -0.3 is 9.80 Å². The van der Waals surface area contributed by atoms with Crippen molar-refractivity contribution in [2.75, 3.05) is 36.0 Å². The van der Waals surface area contributed by atoms with Crippen LogP contribution in [-0.2, 0) is 0 Å². The number of rotatable bonds is 2. The standard InChI is InChI=1S/C19H20ClN3S/c1-13-11-14(2)18-17(12-13)24-19(21-18)23-9-7-22(8-10-23)16-6-4-3-5-15(16)20/h3-6,11-12H,7-10H2,1-2H3. The van der Waals surface area contributed by atoms with E-state index in [0.717, 1.165) is 47.5 Å². The van der Waals surface area contributed by atoms with Crippen molar-refractivity contribution in [1.82, 2.24) is 4.98 Å². The average molecular weight is 358 g/mol. The van der Waals surface area contributed by atoms with E-state index in [1.54, 1.807) is 11.3 Å². The van der Waals surface area contributed by atoms with Crippen molar-refractivity contribution in [1.29, 1.82) is 0 Å². The van der Waals surface area contributed by atoms with Crippen molar-refractivity contribution in [3.8, 4) is 0 Å². The SMILES string of the molecule is Cc1cc(C)c2nc(N3CCN(c4ccccc4Cl)CC3)sc2c1. The lowest BCUT2D eigenvalue weighted by Gasteiger charge is -2.36. The molecule has 1 aliphatic rings. The Hall–Kier alpha value is -1.78. The Balaban J connectivity index is 1.54. The maximum absolute atomic E-state index is 6.33. The van der Waals surface area contributed by atoms with Gasteiger partial charge in [-0.2, -0.15) is 0 Å². The fourth-order valence-corrected chi connectivity index (χ4v) is 4.79. The summed E-state index contributed by atoms with van der Waals surface area (Å²) in [7, 11) is 0. The molecule has 24 heavy (non-hydrogen) atoms.